The van der Waals surface area contributed by atoms with E-state index in [4.69, 9.17) is 9.47 Å². The summed E-state index contributed by atoms with van der Waals surface area (Å²) in [4.78, 5) is 27.7. The van der Waals surface area contributed by atoms with Crippen molar-refractivity contribution < 1.29 is 18.7 Å². The molecule has 148 valence electrons. The molecule has 0 aliphatic rings. The minimum atomic E-state index is -0.600. The van der Waals surface area contributed by atoms with Gasteiger partial charge in [-0.15, -0.1) is 5.10 Å². The van der Waals surface area contributed by atoms with Gasteiger partial charge in [-0.05, 0) is 36.4 Å². The number of carbonyl (C=O) groups is 1. The lowest BCUT2D eigenvalue weighted by atomic mass is 10.2. The Hall–Kier alpha value is -3.95. The molecule has 10 heteroatoms. The molecule has 4 aromatic rings. The summed E-state index contributed by atoms with van der Waals surface area (Å²) < 4.78 is 25.1. The van der Waals surface area contributed by atoms with Crippen molar-refractivity contribution in [2.45, 2.75) is 6.54 Å². The molecule has 0 radical (unpaired) electrons. The molecule has 0 bridgehead atoms. The van der Waals surface area contributed by atoms with Gasteiger partial charge in [-0.3, -0.25) is 9.59 Å². The molecule has 2 aromatic heterocycles. The number of nitrogens with zero attached hydrogens (tertiary/aromatic N) is 3. The van der Waals surface area contributed by atoms with E-state index in [1.165, 1.54) is 36.9 Å². The molecule has 2 heterocycles. The number of carbonyl (C=O) groups excluding carboxylic acids is 1. The van der Waals surface area contributed by atoms with Crippen LogP contribution in [0.4, 0.5) is 4.39 Å². The molecule has 9 nitrogen and oxygen atoms in total. The van der Waals surface area contributed by atoms with E-state index in [1.807, 2.05) is 0 Å². The molecule has 4 rings (SSSR count). The largest absolute Gasteiger partial charge is 0.497 e. The second kappa shape index (κ2) is 7.23. The van der Waals surface area contributed by atoms with Crippen molar-refractivity contribution in [1.82, 2.24) is 25.1 Å². The van der Waals surface area contributed by atoms with Crippen LogP contribution in [-0.2, 0) is 6.54 Å². The van der Waals surface area contributed by atoms with Crippen molar-refractivity contribution in [1.29, 1.82) is 0 Å². The summed E-state index contributed by atoms with van der Waals surface area (Å²) in [6.07, 6.45) is 0. The van der Waals surface area contributed by atoms with Crippen LogP contribution in [-0.4, -0.2) is 39.9 Å². The van der Waals surface area contributed by atoms with Gasteiger partial charge in [0.2, 0.25) is 0 Å². The number of aromatic amines is 1. The summed E-state index contributed by atoms with van der Waals surface area (Å²) in [6.45, 7) is 0.120. The highest BCUT2D eigenvalue weighted by Gasteiger charge is 2.20. The van der Waals surface area contributed by atoms with Gasteiger partial charge in [0, 0.05) is 12.1 Å². The summed E-state index contributed by atoms with van der Waals surface area (Å²) in [5.41, 5.74) is 0.588. The number of H-pyrrole nitrogens is 1. The first-order chi connectivity index (χ1) is 14.0. The highest BCUT2D eigenvalue weighted by atomic mass is 19.1. The monoisotopic (exact) mass is 397 g/mol. The zero-order valence-corrected chi connectivity index (χ0v) is 15.5. The van der Waals surface area contributed by atoms with Crippen LogP contribution in [0, 0.1) is 5.82 Å². The Morgan fingerprint density at radius 2 is 2.03 bits per heavy atom. The van der Waals surface area contributed by atoms with Crippen molar-refractivity contribution in [3.05, 3.63) is 63.8 Å². The summed E-state index contributed by atoms with van der Waals surface area (Å²) >= 11 is 0. The summed E-state index contributed by atoms with van der Waals surface area (Å²) in [6, 6.07) is 9.06. The van der Waals surface area contributed by atoms with Gasteiger partial charge in [-0.2, -0.15) is 0 Å². The maximum atomic E-state index is 13.4. The number of amides is 1. The Bertz CT molecular complexity index is 1300. The van der Waals surface area contributed by atoms with Gasteiger partial charge in [0.1, 0.15) is 17.3 Å². The van der Waals surface area contributed by atoms with Crippen molar-refractivity contribution in [2.75, 3.05) is 14.2 Å². The highest BCUT2D eigenvalue weighted by Crippen LogP contribution is 2.24. The normalized spacial score (nSPS) is 11.0. The minimum Gasteiger partial charge on any atom is -0.497 e. The smallest absolute Gasteiger partial charge is 0.277 e. The van der Waals surface area contributed by atoms with Crippen LogP contribution in [0.5, 0.6) is 11.5 Å². The lowest BCUT2D eigenvalue weighted by Gasteiger charge is -2.11. The summed E-state index contributed by atoms with van der Waals surface area (Å²) in [7, 11) is 3.06. The molecule has 0 fully saturated rings. The van der Waals surface area contributed by atoms with Crippen LogP contribution in [0.15, 0.2) is 41.2 Å². The molecule has 0 saturated heterocycles. The number of methoxy groups -OCH3 is 2. The number of hydrogen-bond donors (Lipinski definition) is 2. The van der Waals surface area contributed by atoms with E-state index in [2.05, 4.69) is 20.6 Å². The van der Waals surface area contributed by atoms with Gasteiger partial charge in [-0.1, -0.05) is 5.21 Å². The molecule has 2 aromatic carbocycles. The van der Waals surface area contributed by atoms with Crippen LogP contribution >= 0.6 is 0 Å². The average Bonchev–Trinajstić information content (AvgIpc) is 3.17. The zero-order chi connectivity index (χ0) is 20.5. The first kappa shape index (κ1) is 18.4. The molecule has 29 heavy (non-hydrogen) atoms. The molecule has 0 aliphatic carbocycles. The minimum absolute atomic E-state index is 0.0285. The van der Waals surface area contributed by atoms with Crippen LogP contribution in [0.2, 0.25) is 0 Å². The quantitative estimate of drug-likeness (QED) is 0.530. The number of hydrogen-bond acceptors (Lipinski definition) is 6. The van der Waals surface area contributed by atoms with Gasteiger partial charge in [0.25, 0.3) is 11.5 Å². The van der Waals surface area contributed by atoms with Crippen LogP contribution in [0.25, 0.3) is 16.6 Å². The first-order valence-corrected chi connectivity index (χ1v) is 8.58. The molecule has 1 amide bonds. The molecule has 2 N–H and O–H groups in total. The van der Waals surface area contributed by atoms with Gasteiger partial charge < -0.3 is 19.8 Å². The van der Waals surface area contributed by atoms with Crippen molar-refractivity contribution >= 4 is 22.5 Å². The Balaban J connectivity index is 1.68. The van der Waals surface area contributed by atoms with Crippen molar-refractivity contribution in [2.24, 2.45) is 0 Å². The zero-order valence-electron chi connectivity index (χ0n) is 15.5. The number of ether oxygens (including phenoxy) is 2. The van der Waals surface area contributed by atoms with E-state index >= 15 is 0 Å². The Labute approximate surface area is 163 Å². The van der Waals surface area contributed by atoms with E-state index in [-0.39, 0.29) is 23.3 Å². The van der Waals surface area contributed by atoms with E-state index in [0.29, 0.717) is 22.6 Å². The third-order valence-electron chi connectivity index (χ3n) is 4.46. The van der Waals surface area contributed by atoms with Crippen LogP contribution in [0.3, 0.4) is 0 Å². The molecular formula is C19H16FN5O4. The lowest BCUT2D eigenvalue weighted by Crippen LogP contribution is -2.25. The topological polar surface area (TPSA) is 111 Å². The number of halogens is 1. The van der Waals surface area contributed by atoms with E-state index in [9.17, 15) is 14.0 Å². The third kappa shape index (κ3) is 3.24. The summed E-state index contributed by atoms with van der Waals surface area (Å²) in [5.74, 6) is 0.0961. The summed E-state index contributed by atoms with van der Waals surface area (Å²) in [5, 5.41) is 10.4. The number of fused-ring (bicyclic) bond motifs is 3. The number of aromatic nitrogens is 4. The Kier molecular flexibility index (Phi) is 4.59. The fraction of sp³-hybridized carbons (Fsp3) is 0.158. The second-order valence-corrected chi connectivity index (χ2v) is 6.17. The molecule has 0 aliphatic heterocycles. The number of rotatable bonds is 5. The van der Waals surface area contributed by atoms with Gasteiger partial charge in [0.15, 0.2) is 11.2 Å². The standard InChI is InChI=1S/C19H16FN5O4/c1-28-12-4-6-15(29-2)10(7-12)9-21-18(26)16-17-19(27)22-13-8-11(20)3-5-14(13)25(17)24-23-16/h3-8H,9H2,1-2H3,(H,21,26)(H,22,27). The maximum absolute atomic E-state index is 13.4. The van der Waals surface area contributed by atoms with E-state index in [1.54, 1.807) is 18.2 Å². The average molecular weight is 397 g/mol. The second-order valence-electron chi connectivity index (χ2n) is 6.17. The van der Waals surface area contributed by atoms with E-state index < -0.39 is 17.3 Å². The fourth-order valence-electron chi connectivity index (χ4n) is 3.06. The SMILES string of the molecule is COc1ccc(OC)c(CNC(=O)c2nnn3c2c(=O)[nH]c2cc(F)ccc23)c1. The van der Waals surface area contributed by atoms with Gasteiger partial charge >= 0.3 is 0 Å². The predicted molar refractivity (Wildman–Crippen MR) is 102 cm³/mol. The predicted octanol–water partition coefficient (Wildman–Crippen LogP) is 1.66. The maximum Gasteiger partial charge on any atom is 0.277 e. The fourth-order valence-corrected chi connectivity index (χ4v) is 3.06. The lowest BCUT2D eigenvalue weighted by molar-refractivity contribution is 0.0947. The first-order valence-electron chi connectivity index (χ1n) is 8.58. The highest BCUT2D eigenvalue weighted by molar-refractivity contribution is 5.99. The molecule has 0 saturated carbocycles. The number of benzene rings is 2. The van der Waals surface area contributed by atoms with Crippen LogP contribution in [0.1, 0.15) is 16.1 Å². The van der Waals surface area contributed by atoms with Crippen LogP contribution < -0.4 is 20.3 Å². The molecule has 0 atom stereocenters. The molecule has 0 spiro atoms. The third-order valence-corrected chi connectivity index (χ3v) is 4.46. The van der Waals surface area contributed by atoms with Gasteiger partial charge in [0.05, 0.1) is 25.3 Å². The molecular weight excluding hydrogens is 381 g/mol. The van der Waals surface area contributed by atoms with E-state index in [0.717, 1.165) is 0 Å². The molecule has 0 unspecified atom stereocenters. The number of nitrogens with one attached hydrogen (secondary N) is 2. The van der Waals surface area contributed by atoms with Gasteiger partial charge in [-0.25, -0.2) is 8.91 Å². The van der Waals surface area contributed by atoms with Crippen molar-refractivity contribution in [3.63, 3.8) is 0 Å². The Morgan fingerprint density at radius 1 is 1.21 bits per heavy atom. The van der Waals surface area contributed by atoms with Crippen molar-refractivity contribution in [3.8, 4) is 11.5 Å². The Morgan fingerprint density at radius 3 is 2.79 bits per heavy atom.